The van der Waals surface area contributed by atoms with E-state index in [1.807, 2.05) is 66.7 Å². The Labute approximate surface area is 260 Å². The molecule has 2 unspecified atom stereocenters. The van der Waals surface area contributed by atoms with Gasteiger partial charge in [-0.2, -0.15) is 0 Å². The summed E-state index contributed by atoms with van der Waals surface area (Å²) < 4.78 is 11.3. The average molecular weight is 605 g/mol. The second-order valence-electron chi connectivity index (χ2n) is 11.0. The van der Waals surface area contributed by atoms with Crippen molar-refractivity contribution in [2.75, 3.05) is 13.1 Å². The number of rotatable bonds is 6. The van der Waals surface area contributed by atoms with Crippen LogP contribution in [0, 0.1) is 0 Å². The second kappa shape index (κ2) is 12.7. The van der Waals surface area contributed by atoms with Crippen molar-refractivity contribution in [1.82, 2.24) is 9.80 Å². The number of hydrogen-bond donors (Lipinski definition) is 1. The van der Waals surface area contributed by atoms with Crippen molar-refractivity contribution in [3.05, 3.63) is 143 Å². The van der Waals surface area contributed by atoms with Crippen LogP contribution in [0.5, 0.6) is 0 Å². The Bertz CT molecular complexity index is 1730. The lowest BCUT2D eigenvalue weighted by Crippen LogP contribution is -2.56. The molecule has 4 aromatic rings. The summed E-state index contributed by atoms with van der Waals surface area (Å²) in [5.74, 6) is -1.68. The van der Waals surface area contributed by atoms with E-state index in [0.29, 0.717) is 30.5 Å². The molecular formula is C36H32N2O7. The maximum absolute atomic E-state index is 13.4. The second-order valence-corrected chi connectivity index (χ2v) is 11.0. The highest BCUT2D eigenvalue weighted by Gasteiger charge is 2.50. The SMILES string of the molecule is O=C(CCC(=O)OC1(c2ccccc2)c2ccccc2CCN1C(=O)O)OC(=O)N1CCc2ccccc2C1c1ccccc1. The molecule has 9 heteroatoms. The minimum Gasteiger partial charge on any atom is -0.465 e. The van der Waals surface area contributed by atoms with E-state index in [2.05, 4.69) is 0 Å². The minimum absolute atomic E-state index is 0.104. The van der Waals surface area contributed by atoms with Crippen LogP contribution in [-0.4, -0.2) is 52.1 Å². The molecular weight excluding hydrogens is 572 g/mol. The third-order valence-electron chi connectivity index (χ3n) is 8.39. The van der Waals surface area contributed by atoms with Crippen LogP contribution in [0.2, 0.25) is 0 Å². The van der Waals surface area contributed by atoms with Crippen LogP contribution in [0.4, 0.5) is 9.59 Å². The first-order chi connectivity index (χ1) is 21.9. The Morgan fingerprint density at radius 2 is 1.31 bits per heavy atom. The summed E-state index contributed by atoms with van der Waals surface area (Å²) in [5.41, 5.74) is 3.08. The zero-order chi connectivity index (χ0) is 31.4. The van der Waals surface area contributed by atoms with Crippen LogP contribution >= 0.6 is 0 Å². The minimum atomic E-state index is -1.75. The normalized spacial score (nSPS) is 18.7. The Balaban J connectivity index is 1.19. The van der Waals surface area contributed by atoms with E-state index in [1.54, 1.807) is 42.5 Å². The zero-order valence-electron chi connectivity index (χ0n) is 24.5. The smallest absolute Gasteiger partial charge is 0.418 e. The predicted molar refractivity (Wildman–Crippen MR) is 164 cm³/mol. The Morgan fingerprint density at radius 1 is 0.711 bits per heavy atom. The van der Waals surface area contributed by atoms with E-state index in [0.717, 1.165) is 27.2 Å². The maximum Gasteiger partial charge on any atom is 0.418 e. The third kappa shape index (κ3) is 5.76. The fourth-order valence-corrected chi connectivity index (χ4v) is 6.36. The number of ether oxygens (including phenoxy) is 2. The van der Waals surface area contributed by atoms with Crippen molar-refractivity contribution in [2.45, 2.75) is 37.5 Å². The molecule has 2 aliphatic heterocycles. The van der Waals surface area contributed by atoms with Gasteiger partial charge in [-0.1, -0.05) is 109 Å². The molecule has 2 heterocycles. The van der Waals surface area contributed by atoms with Crippen LogP contribution < -0.4 is 0 Å². The van der Waals surface area contributed by atoms with Gasteiger partial charge in [-0.25, -0.2) is 9.59 Å². The highest BCUT2D eigenvalue weighted by molar-refractivity contribution is 5.87. The van der Waals surface area contributed by atoms with Gasteiger partial charge in [-0.15, -0.1) is 0 Å². The molecule has 0 saturated carbocycles. The first-order valence-electron chi connectivity index (χ1n) is 14.9. The van der Waals surface area contributed by atoms with E-state index in [4.69, 9.17) is 9.47 Å². The van der Waals surface area contributed by atoms with E-state index in [9.17, 15) is 24.3 Å². The number of benzene rings is 4. The van der Waals surface area contributed by atoms with E-state index < -0.39 is 48.7 Å². The molecule has 45 heavy (non-hydrogen) atoms. The van der Waals surface area contributed by atoms with Crippen LogP contribution in [0.1, 0.15) is 52.3 Å². The van der Waals surface area contributed by atoms with Crippen molar-refractivity contribution >= 4 is 24.1 Å². The molecule has 0 saturated heterocycles. The molecule has 2 aliphatic rings. The number of carbonyl (C=O) groups is 4. The number of nitrogens with zero attached hydrogens (tertiary/aromatic N) is 2. The van der Waals surface area contributed by atoms with Crippen molar-refractivity contribution in [1.29, 1.82) is 0 Å². The van der Waals surface area contributed by atoms with Gasteiger partial charge in [-0.3, -0.25) is 19.4 Å². The maximum atomic E-state index is 13.4. The number of amides is 2. The van der Waals surface area contributed by atoms with E-state index in [1.165, 1.54) is 4.90 Å². The number of esters is 2. The largest absolute Gasteiger partial charge is 0.465 e. The molecule has 2 atom stereocenters. The number of carboxylic acid groups (broad SMARTS) is 1. The molecule has 1 N–H and O–H groups in total. The van der Waals surface area contributed by atoms with Gasteiger partial charge < -0.3 is 14.6 Å². The standard InChI is InChI=1S/C36H32N2O7/c39-31(44-35(43)37-23-21-25-11-7-9-17-29(25)33(37)27-13-3-1-4-14-27)19-20-32(40)45-36(28-15-5-2-6-16-28)30-18-10-8-12-26(30)22-24-38(36)34(41)42/h1-18,33H,19-24H2,(H,41,42). The van der Waals surface area contributed by atoms with Crippen molar-refractivity contribution in [3.8, 4) is 0 Å². The van der Waals surface area contributed by atoms with Gasteiger partial charge in [0.25, 0.3) is 0 Å². The lowest BCUT2D eigenvalue weighted by atomic mass is 9.84. The molecule has 228 valence electrons. The highest BCUT2D eigenvalue weighted by atomic mass is 16.6. The summed E-state index contributed by atoms with van der Waals surface area (Å²) >= 11 is 0. The predicted octanol–water partition coefficient (Wildman–Crippen LogP) is 6.06. The molecule has 6 rings (SSSR count). The number of carbonyl (C=O) groups excluding carboxylic acids is 3. The van der Waals surface area contributed by atoms with Crippen LogP contribution in [0.3, 0.4) is 0 Å². The molecule has 0 bridgehead atoms. The monoisotopic (exact) mass is 604 g/mol. The molecule has 0 radical (unpaired) electrons. The summed E-state index contributed by atoms with van der Waals surface area (Å²) in [4.78, 5) is 54.8. The summed E-state index contributed by atoms with van der Waals surface area (Å²) in [6, 6.07) is 32.9. The lowest BCUT2D eigenvalue weighted by molar-refractivity contribution is -0.176. The van der Waals surface area contributed by atoms with Crippen molar-refractivity contribution in [2.24, 2.45) is 0 Å². The van der Waals surface area contributed by atoms with Crippen molar-refractivity contribution < 1.29 is 33.8 Å². The summed E-state index contributed by atoms with van der Waals surface area (Å²) in [7, 11) is 0. The lowest BCUT2D eigenvalue weighted by Gasteiger charge is -2.45. The van der Waals surface area contributed by atoms with Gasteiger partial charge in [0.05, 0.1) is 18.9 Å². The van der Waals surface area contributed by atoms with Crippen LogP contribution in [-0.2, 0) is 37.6 Å². The average Bonchev–Trinajstić information content (AvgIpc) is 3.07. The summed E-state index contributed by atoms with van der Waals surface area (Å²) in [5, 5.41) is 10.2. The first-order valence-corrected chi connectivity index (χ1v) is 14.9. The van der Waals surface area contributed by atoms with Gasteiger partial charge in [0, 0.05) is 24.2 Å². The molecule has 2 amide bonds. The van der Waals surface area contributed by atoms with Gasteiger partial charge in [0.15, 0.2) is 0 Å². The van der Waals surface area contributed by atoms with Crippen molar-refractivity contribution in [3.63, 3.8) is 0 Å². The topological polar surface area (TPSA) is 113 Å². The molecule has 0 spiro atoms. The Hall–Kier alpha value is -5.44. The van der Waals surface area contributed by atoms with Gasteiger partial charge in [0.2, 0.25) is 5.72 Å². The van der Waals surface area contributed by atoms with E-state index in [-0.39, 0.29) is 6.54 Å². The van der Waals surface area contributed by atoms with E-state index >= 15 is 0 Å². The Morgan fingerprint density at radius 3 is 2.04 bits per heavy atom. The van der Waals surface area contributed by atoms with Crippen LogP contribution in [0.25, 0.3) is 0 Å². The fourth-order valence-electron chi connectivity index (χ4n) is 6.36. The molecule has 0 aromatic heterocycles. The van der Waals surface area contributed by atoms with Gasteiger partial charge in [0.1, 0.15) is 0 Å². The van der Waals surface area contributed by atoms with Crippen LogP contribution in [0.15, 0.2) is 109 Å². The summed E-state index contributed by atoms with van der Waals surface area (Å²) in [6.45, 7) is 0.460. The summed E-state index contributed by atoms with van der Waals surface area (Å²) in [6.07, 6.45) is -1.82. The first kappa shape index (κ1) is 29.6. The number of fused-ring (bicyclic) bond motifs is 2. The zero-order valence-corrected chi connectivity index (χ0v) is 24.5. The van der Waals surface area contributed by atoms with Gasteiger partial charge >= 0.3 is 24.1 Å². The third-order valence-corrected chi connectivity index (χ3v) is 8.39. The number of hydrogen-bond acceptors (Lipinski definition) is 6. The Kier molecular flexibility index (Phi) is 8.33. The fraction of sp³-hybridized carbons (Fsp3) is 0.222. The molecule has 0 aliphatic carbocycles. The highest BCUT2D eigenvalue weighted by Crippen LogP contribution is 2.43. The molecule has 9 nitrogen and oxygen atoms in total. The molecule has 4 aromatic carbocycles. The van der Waals surface area contributed by atoms with Gasteiger partial charge in [-0.05, 0) is 35.1 Å². The molecule has 0 fully saturated rings. The quantitative estimate of drug-likeness (QED) is 0.210.